The number of hydrogen-bond acceptors (Lipinski definition) is 11. The van der Waals surface area contributed by atoms with Crippen molar-refractivity contribution < 1.29 is 74.1 Å². The number of benzene rings is 1. The van der Waals surface area contributed by atoms with Crippen LogP contribution in [0.4, 0.5) is 22.0 Å². The van der Waals surface area contributed by atoms with Crippen LogP contribution in [0.2, 0.25) is 0 Å². The number of rotatable bonds is 31. The van der Waals surface area contributed by atoms with Crippen molar-refractivity contribution in [3.05, 3.63) is 29.1 Å². The van der Waals surface area contributed by atoms with Crippen molar-refractivity contribution in [3.8, 4) is 5.75 Å². The molecular weight excluding hydrogens is 631 g/mol. The second-order valence-corrected chi connectivity index (χ2v) is 9.61. The third kappa shape index (κ3) is 20.3. The first-order valence-corrected chi connectivity index (χ1v) is 15.2. The molecule has 0 amide bonds. The predicted molar refractivity (Wildman–Crippen MR) is 153 cm³/mol. The van der Waals surface area contributed by atoms with Crippen molar-refractivity contribution in [3.63, 3.8) is 0 Å². The van der Waals surface area contributed by atoms with Gasteiger partial charge in [-0.15, -0.1) is 0 Å². The molecule has 0 radical (unpaired) electrons. The van der Waals surface area contributed by atoms with Crippen LogP contribution in [0, 0.1) is 35.0 Å². The fourth-order valence-electron chi connectivity index (χ4n) is 3.16. The molecule has 1 aromatic rings. The standard InChI is InChI=1S/C30H47F5O11/c1-3-23(2)22-45-21-20-44-19-18-43-17-16-42-15-14-41-13-12-40-11-10-39-9-8-38-7-6-37-5-4-24(36)46-30-28(34)26(32)25(31)27(33)29(30)35/h23H,3-22H2,1-2H3. The minimum absolute atomic E-state index is 0.0859. The van der Waals surface area contributed by atoms with Gasteiger partial charge in [-0.25, -0.2) is 13.2 Å². The summed E-state index contributed by atoms with van der Waals surface area (Å²) in [6.45, 7) is 11.3. The quantitative estimate of drug-likeness (QED) is 0.0285. The van der Waals surface area contributed by atoms with Gasteiger partial charge in [0.1, 0.15) is 0 Å². The van der Waals surface area contributed by atoms with Crippen LogP contribution in [-0.4, -0.2) is 125 Å². The van der Waals surface area contributed by atoms with Gasteiger partial charge < -0.3 is 47.4 Å². The summed E-state index contributed by atoms with van der Waals surface area (Å²) in [5, 5.41) is 0. The largest absolute Gasteiger partial charge is 0.420 e. The van der Waals surface area contributed by atoms with Crippen LogP contribution < -0.4 is 4.74 Å². The number of hydrogen-bond donors (Lipinski definition) is 0. The summed E-state index contributed by atoms with van der Waals surface area (Å²) < 4.78 is 119. The van der Waals surface area contributed by atoms with Crippen molar-refractivity contribution in [1.82, 2.24) is 0 Å². The normalized spacial score (nSPS) is 12.2. The molecule has 11 nitrogen and oxygen atoms in total. The van der Waals surface area contributed by atoms with E-state index in [0.29, 0.717) is 91.8 Å². The lowest BCUT2D eigenvalue weighted by atomic mass is 10.1. The maximum Gasteiger partial charge on any atom is 0.313 e. The Kier molecular flexibility index (Phi) is 25.6. The summed E-state index contributed by atoms with van der Waals surface area (Å²) in [5.41, 5.74) is 0. The highest BCUT2D eigenvalue weighted by atomic mass is 19.2. The zero-order valence-electron chi connectivity index (χ0n) is 26.6. The Balaban J connectivity index is 1.78. The summed E-state index contributed by atoms with van der Waals surface area (Å²) in [7, 11) is 0. The second-order valence-electron chi connectivity index (χ2n) is 9.61. The molecular formula is C30H47F5O11. The van der Waals surface area contributed by atoms with Crippen LogP contribution in [0.1, 0.15) is 26.7 Å². The molecule has 0 saturated carbocycles. The number of carbonyl (C=O) groups is 1. The number of halogens is 5. The monoisotopic (exact) mass is 678 g/mol. The van der Waals surface area contributed by atoms with Crippen LogP contribution in [0.5, 0.6) is 5.75 Å². The second kappa shape index (κ2) is 28.0. The number of ether oxygens (including phenoxy) is 10. The van der Waals surface area contributed by atoms with Gasteiger partial charge in [-0.3, -0.25) is 4.79 Å². The predicted octanol–water partition coefficient (Wildman–Crippen LogP) is 3.87. The van der Waals surface area contributed by atoms with Crippen molar-refractivity contribution in [2.45, 2.75) is 26.7 Å². The van der Waals surface area contributed by atoms with E-state index in [4.69, 9.17) is 42.6 Å². The highest BCUT2D eigenvalue weighted by Crippen LogP contribution is 2.29. The summed E-state index contributed by atoms with van der Waals surface area (Å²) in [6.07, 6.45) is 0.624. The highest BCUT2D eigenvalue weighted by Gasteiger charge is 2.28. The van der Waals surface area contributed by atoms with E-state index >= 15 is 0 Å². The van der Waals surface area contributed by atoms with Gasteiger partial charge in [-0.05, 0) is 5.92 Å². The molecule has 1 atom stereocenters. The third-order valence-electron chi connectivity index (χ3n) is 5.91. The molecule has 268 valence electrons. The van der Waals surface area contributed by atoms with Crippen LogP contribution in [0.3, 0.4) is 0 Å². The zero-order chi connectivity index (χ0) is 33.8. The summed E-state index contributed by atoms with van der Waals surface area (Å²) in [5.74, 6) is -13.5. The minimum atomic E-state index is -2.35. The van der Waals surface area contributed by atoms with E-state index in [2.05, 4.69) is 18.6 Å². The molecule has 0 fully saturated rings. The molecule has 0 aliphatic carbocycles. The molecule has 0 heterocycles. The Labute approximate surface area is 266 Å². The Morgan fingerprint density at radius 1 is 0.478 bits per heavy atom. The topological polar surface area (TPSA) is 109 Å². The minimum Gasteiger partial charge on any atom is -0.420 e. The maximum atomic E-state index is 13.5. The Hall–Kier alpha value is -2.02. The lowest BCUT2D eigenvalue weighted by molar-refractivity contribution is -0.136. The lowest BCUT2D eigenvalue weighted by Crippen LogP contribution is -2.16. The van der Waals surface area contributed by atoms with Crippen LogP contribution in [-0.2, 0) is 47.4 Å². The van der Waals surface area contributed by atoms with E-state index in [0.717, 1.165) is 13.0 Å². The molecule has 0 bridgehead atoms. The molecule has 0 aliphatic heterocycles. The Bertz CT molecular complexity index is 901. The lowest BCUT2D eigenvalue weighted by Gasteiger charge is -2.10. The van der Waals surface area contributed by atoms with Crippen molar-refractivity contribution in [1.29, 1.82) is 0 Å². The van der Waals surface area contributed by atoms with Crippen LogP contribution in [0.25, 0.3) is 0 Å². The first kappa shape index (κ1) is 42.0. The van der Waals surface area contributed by atoms with E-state index < -0.39 is 47.2 Å². The van der Waals surface area contributed by atoms with E-state index in [1.165, 1.54) is 0 Å². The van der Waals surface area contributed by atoms with Gasteiger partial charge >= 0.3 is 5.97 Å². The van der Waals surface area contributed by atoms with E-state index in [-0.39, 0.29) is 26.4 Å². The molecule has 0 saturated heterocycles. The van der Waals surface area contributed by atoms with Crippen molar-refractivity contribution >= 4 is 5.97 Å². The molecule has 1 aromatic carbocycles. The molecule has 0 aliphatic rings. The van der Waals surface area contributed by atoms with Gasteiger partial charge in [0.2, 0.25) is 34.8 Å². The SMILES string of the molecule is CCC(C)COCCOCCOCCOCCOCCOCCOCCOCCOCCC(=O)Oc1c(F)c(F)c(F)c(F)c1F. The zero-order valence-corrected chi connectivity index (χ0v) is 26.6. The van der Waals surface area contributed by atoms with Gasteiger partial charge in [0.15, 0.2) is 0 Å². The highest BCUT2D eigenvalue weighted by molar-refractivity contribution is 5.72. The Morgan fingerprint density at radius 3 is 1.09 bits per heavy atom. The van der Waals surface area contributed by atoms with Gasteiger partial charge in [-0.2, -0.15) is 8.78 Å². The van der Waals surface area contributed by atoms with Gasteiger partial charge in [0.25, 0.3) is 0 Å². The molecule has 1 unspecified atom stereocenters. The summed E-state index contributed by atoms with van der Waals surface area (Å²) >= 11 is 0. The molecule has 0 aromatic heterocycles. The third-order valence-corrected chi connectivity index (χ3v) is 5.91. The average Bonchev–Trinajstić information content (AvgIpc) is 3.05. The van der Waals surface area contributed by atoms with E-state index in [1.807, 2.05) is 0 Å². The van der Waals surface area contributed by atoms with Gasteiger partial charge in [0, 0.05) is 6.61 Å². The first-order chi connectivity index (χ1) is 22.3. The van der Waals surface area contributed by atoms with Gasteiger partial charge in [0.05, 0.1) is 119 Å². The molecule has 16 heteroatoms. The average molecular weight is 679 g/mol. The summed E-state index contributed by atoms with van der Waals surface area (Å²) in [6, 6.07) is 0. The fourth-order valence-corrected chi connectivity index (χ4v) is 3.16. The molecule has 0 N–H and O–H groups in total. The van der Waals surface area contributed by atoms with Crippen LogP contribution in [0.15, 0.2) is 0 Å². The Morgan fingerprint density at radius 2 is 0.761 bits per heavy atom. The maximum absolute atomic E-state index is 13.5. The van der Waals surface area contributed by atoms with E-state index in [1.54, 1.807) is 0 Å². The van der Waals surface area contributed by atoms with Crippen molar-refractivity contribution in [2.75, 3.05) is 119 Å². The fraction of sp³-hybridized carbons (Fsp3) is 0.767. The van der Waals surface area contributed by atoms with Crippen molar-refractivity contribution in [2.24, 2.45) is 5.92 Å². The van der Waals surface area contributed by atoms with Crippen LogP contribution >= 0.6 is 0 Å². The van der Waals surface area contributed by atoms with E-state index in [9.17, 15) is 26.7 Å². The first-order valence-electron chi connectivity index (χ1n) is 15.2. The molecule has 0 spiro atoms. The molecule has 1 rings (SSSR count). The smallest absolute Gasteiger partial charge is 0.313 e. The molecule has 46 heavy (non-hydrogen) atoms. The number of carbonyl (C=O) groups excluding carboxylic acids is 1. The van der Waals surface area contributed by atoms with Gasteiger partial charge in [-0.1, -0.05) is 20.3 Å². The summed E-state index contributed by atoms with van der Waals surface area (Å²) in [4.78, 5) is 11.6. The number of esters is 1.